The van der Waals surface area contributed by atoms with Crippen LogP contribution in [0.4, 0.5) is 5.82 Å². The van der Waals surface area contributed by atoms with E-state index in [1.54, 1.807) is 43.3 Å². The average molecular weight is 476 g/mol. The molecule has 13 heteroatoms. The van der Waals surface area contributed by atoms with Crippen LogP contribution in [0.15, 0.2) is 52.2 Å². The number of hydrogen-bond acceptors (Lipinski definition) is 11. The lowest BCUT2D eigenvalue weighted by molar-refractivity contribution is 0.0950. The molecule has 0 radical (unpaired) electrons. The maximum absolute atomic E-state index is 13.1. The molecule has 0 unspecified atom stereocenters. The zero-order chi connectivity index (χ0) is 24.4. The number of benzene rings is 2. The van der Waals surface area contributed by atoms with E-state index in [-0.39, 0.29) is 24.1 Å². The Balaban J connectivity index is 1.47. The van der Waals surface area contributed by atoms with E-state index in [9.17, 15) is 4.79 Å². The Morgan fingerprint density at radius 3 is 2.71 bits per heavy atom. The third kappa shape index (κ3) is 4.21. The van der Waals surface area contributed by atoms with Crippen LogP contribution in [0.1, 0.15) is 29.9 Å². The quantitative estimate of drug-likeness (QED) is 0.298. The average Bonchev–Trinajstić information content (AvgIpc) is 3.61. The van der Waals surface area contributed by atoms with Crippen LogP contribution in [0.3, 0.4) is 0 Å². The molecule has 178 valence electrons. The molecule has 1 aliphatic rings. The first kappa shape index (κ1) is 21.9. The van der Waals surface area contributed by atoms with Gasteiger partial charge in [-0.2, -0.15) is 9.78 Å². The summed E-state index contributed by atoms with van der Waals surface area (Å²) >= 11 is 0. The molecular weight excluding hydrogens is 456 g/mol. The number of carbonyl (C=O) groups excluding carboxylic acids is 1. The van der Waals surface area contributed by atoms with Crippen molar-refractivity contribution in [3.63, 3.8) is 0 Å². The van der Waals surface area contributed by atoms with Crippen molar-refractivity contribution in [3.05, 3.63) is 53.7 Å². The van der Waals surface area contributed by atoms with Gasteiger partial charge in [-0.3, -0.25) is 4.79 Å². The Labute approximate surface area is 198 Å². The molecule has 1 amide bonds. The van der Waals surface area contributed by atoms with Crippen LogP contribution in [0, 0.1) is 0 Å². The summed E-state index contributed by atoms with van der Waals surface area (Å²) in [6.07, 6.45) is 0. The predicted octanol–water partition coefficient (Wildman–Crippen LogP) is 2.18. The number of ether oxygens (including phenoxy) is 3. The minimum atomic E-state index is -0.588. The first-order valence-electron chi connectivity index (χ1n) is 10.6. The topological polar surface area (TPSA) is 165 Å². The summed E-state index contributed by atoms with van der Waals surface area (Å²) in [4.78, 5) is 13.1. The summed E-state index contributed by atoms with van der Waals surface area (Å²) in [6.45, 7) is 4.33. The lowest BCUT2D eigenvalue weighted by Crippen LogP contribution is -2.21. The van der Waals surface area contributed by atoms with Crippen LogP contribution in [0.25, 0.3) is 17.1 Å². The van der Waals surface area contributed by atoms with Crippen molar-refractivity contribution in [2.75, 3.05) is 19.1 Å². The largest absolute Gasteiger partial charge is 0.494 e. The zero-order valence-electron chi connectivity index (χ0n) is 18.8. The molecule has 2 aromatic heterocycles. The molecule has 5 rings (SSSR count). The first-order chi connectivity index (χ1) is 17.0. The predicted molar refractivity (Wildman–Crippen MR) is 122 cm³/mol. The SMILES string of the molecule is CCOc1ccc(-c2c(C(=O)N/N=C(/C)c3ccc4c(c3)OCO4)nnn2-c2nonc2N)cc1. The fourth-order valence-corrected chi connectivity index (χ4v) is 3.43. The van der Waals surface area contributed by atoms with Gasteiger partial charge in [-0.05, 0) is 66.6 Å². The number of nitrogen functional groups attached to an aromatic ring is 1. The highest BCUT2D eigenvalue weighted by atomic mass is 16.7. The zero-order valence-corrected chi connectivity index (χ0v) is 18.8. The van der Waals surface area contributed by atoms with Crippen LogP contribution in [0.5, 0.6) is 17.2 Å². The van der Waals surface area contributed by atoms with Crippen molar-refractivity contribution >= 4 is 17.4 Å². The molecule has 4 aromatic rings. The molecule has 3 heterocycles. The monoisotopic (exact) mass is 476 g/mol. The normalized spacial score (nSPS) is 12.6. The number of hydrazone groups is 1. The van der Waals surface area contributed by atoms with Crippen LogP contribution < -0.4 is 25.4 Å². The maximum atomic E-state index is 13.1. The summed E-state index contributed by atoms with van der Waals surface area (Å²) in [5.74, 6) is 1.45. The van der Waals surface area contributed by atoms with Gasteiger partial charge in [0, 0.05) is 11.1 Å². The van der Waals surface area contributed by atoms with Gasteiger partial charge in [-0.25, -0.2) is 10.1 Å². The fourth-order valence-electron chi connectivity index (χ4n) is 3.43. The second-order valence-corrected chi connectivity index (χ2v) is 7.34. The van der Waals surface area contributed by atoms with E-state index in [1.165, 1.54) is 4.68 Å². The number of nitrogens with one attached hydrogen (secondary N) is 1. The van der Waals surface area contributed by atoms with Gasteiger partial charge < -0.3 is 19.9 Å². The molecule has 35 heavy (non-hydrogen) atoms. The molecule has 0 saturated heterocycles. The van der Waals surface area contributed by atoms with Crippen molar-refractivity contribution in [2.24, 2.45) is 5.10 Å². The molecule has 0 aliphatic carbocycles. The van der Waals surface area contributed by atoms with Crippen LogP contribution in [0.2, 0.25) is 0 Å². The van der Waals surface area contributed by atoms with E-state index in [2.05, 4.69) is 31.2 Å². The van der Waals surface area contributed by atoms with Gasteiger partial charge in [0.25, 0.3) is 5.91 Å². The molecule has 0 bridgehead atoms. The third-order valence-electron chi connectivity index (χ3n) is 5.14. The van der Waals surface area contributed by atoms with Gasteiger partial charge in [0.15, 0.2) is 17.2 Å². The summed E-state index contributed by atoms with van der Waals surface area (Å²) < 4.78 is 22.2. The van der Waals surface area contributed by atoms with E-state index in [1.807, 2.05) is 13.0 Å². The third-order valence-corrected chi connectivity index (χ3v) is 5.14. The highest BCUT2D eigenvalue weighted by Gasteiger charge is 2.25. The minimum absolute atomic E-state index is 0.00111. The van der Waals surface area contributed by atoms with Gasteiger partial charge in [0.05, 0.1) is 12.3 Å². The van der Waals surface area contributed by atoms with E-state index in [4.69, 9.17) is 24.6 Å². The minimum Gasteiger partial charge on any atom is -0.494 e. The highest BCUT2D eigenvalue weighted by molar-refractivity contribution is 6.02. The van der Waals surface area contributed by atoms with Crippen molar-refractivity contribution < 1.29 is 23.6 Å². The molecular formula is C22H20N8O5. The molecule has 0 spiro atoms. The van der Waals surface area contributed by atoms with Crippen molar-refractivity contribution in [2.45, 2.75) is 13.8 Å². The van der Waals surface area contributed by atoms with Gasteiger partial charge >= 0.3 is 0 Å². The second kappa shape index (κ2) is 9.13. The number of carbonyl (C=O) groups is 1. The fraction of sp³-hybridized carbons (Fsp3) is 0.182. The number of amides is 1. The molecule has 3 N–H and O–H groups in total. The Hall–Kier alpha value is -4.94. The van der Waals surface area contributed by atoms with Gasteiger partial charge in [0.2, 0.25) is 18.4 Å². The molecule has 13 nitrogen and oxygen atoms in total. The lowest BCUT2D eigenvalue weighted by Gasteiger charge is -2.08. The molecule has 1 aliphatic heterocycles. The Morgan fingerprint density at radius 2 is 1.97 bits per heavy atom. The number of fused-ring (bicyclic) bond motifs is 1. The Bertz CT molecular complexity index is 1410. The van der Waals surface area contributed by atoms with E-state index in [0.29, 0.717) is 40.8 Å². The summed E-state index contributed by atoms with van der Waals surface area (Å²) in [5, 5.41) is 19.7. The number of hydrogen-bond donors (Lipinski definition) is 2. The van der Waals surface area contributed by atoms with Crippen molar-refractivity contribution in [3.8, 4) is 34.3 Å². The summed E-state index contributed by atoms with van der Waals surface area (Å²) in [6, 6.07) is 12.5. The van der Waals surface area contributed by atoms with Crippen molar-refractivity contribution in [1.82, 2.24) is 30.7 Å². The van der Waals surface area contributed by atoms with Crippen LogP contribution in [-0.2, 0) is 0 Å². The van der Waals surface area contributed by atoms with Gasteiger partial charge in [-0.15, -0.1) is 5.10 Å². The molecule has 2 aromatic carbocycles. The number of rotatable bonds is 7. The smallest absolute Gasteiger partial charge is 0.294 e. The van der Waals surface area contributed by atoms with E-state index < -0.39 is 5.91 Å². The number of nitrogens with two attached hydrogens (primary N) is 1. The molecule has 0 saturated carbocycles. The number of aromatic nitrogens is 5. The Morgan fingerprint density at radius 1 is 1.17 bits per heavy atom. The first-order valence-corrected chi connectivity index (χ1v) is 10.6. The van der Waals surface area contributed by atoms with Gasteiger partial charge in [-0.1, -0.05) is 5.21 Å². The second-order valence-electron chi connectivity index (χ2n) is 7.34. The van der Waals surface area contributed by atoms with Crippen molar-refractivity contribution in [1.29, 1.82) is 0 Å². The van der Waals surface area contributed by atoms with E-state index in [0.717, 1.165) is 5.56 Å². The highest BCUT2D eigenvalue weighted by Crippen LogP contribution is 2.32. The maximum Gasteiger partial charge on any atom is 0.294 e. The molecule has 0 atom stereocenters. The number of anilines is 1. The standard InChI is InChI=1S/C22H20N8O5/c1-3-32-15-7-4-13(5-8-15)19-18(25-29-30(19)21-20(23)27-35-28-21)22(31)26-24-12(2)14-6-9-16-17(10-14)34-11-33-16/h4-10H,3,11H2,1-2H3,(H2,23,27)(H,26,31)/b24-12-. The molecule has 0 fully saturated rings. The van der Waals surface area contributed by atoms with E-state index >= 15 is 0 Å². The van der Waals surface area contributed by atoms with Gasteiger partial charge in [0.1, 0.15) is 11.4 Å². The van der Waals surface area contributed by atoms with Crippen LogP contribution in [-0.4, -0.2) is 50.3 Å². The Kier molecular flexibility index (Phi) is 5.71. The lowest BCUT2D eigenvalue weighted by atomic mass is 10.1. The summed E-state index contributed by atoms with van der Waals surface area (Å²) in [7, 11) is 0. The number of nitrogens with zero attached hydrogens (tertiary/aromatic N) is 6. The van der Waals surface area contributed by atoms with Crippen LogP contribution >= 0.6 is 0 Å². The summed E-state index contributed by atoms with van der Waals surface area (Å²) in [5.41, 5.74) is 10.6.